The molecule has 1 N–H and O–H groups in total. The van der Waals surface area contributed by atoms with E-state index in [1.165, 1.54) is 23.9 Å². The molecule has 0 aliphatic carbocycles. The minimum atomic E-state index is -0.250. The molecule has 0 spiro atoms. The maximum Gasteiger partial charge on any atom is 0.230 e. The molecule has 1 heterocycles. The first-order chi connectivity index (χ1) is 12.1. The average Bonchev–Trinajstić information content (AvgIpc) is 2.63. The summed E-state index contributed by atoms with van der Waals surface area (Å²) in [5, 5.41) is 2.98. The summed E-state index contributed by atoms with van der Waals surface area (Å²) < 4.78 is 23.9. The lowest BCUT2D eigenvalue weighted by Crippen LogP contribution is -2.28. The molecule has 25 heavy (non-hydrogen) atoms. The number of thioether (sulfide) groups is 1. The highest BCUT2D eigenvalue weighted by Gasteiger charge is 2.15. The normalized spacial score (nSPS) is 14.0. The third-order valence-corrected chi connectivity index (χ3v) is 4.86. The summed E-state index contributed by atoms with van der Waals surface area (Å²) in [6.45, 7) is 3.04. The van der Waals surface area contributed by atoms with Gasteiger partial charge in [0.2, 0.25) is 5.91 Å². The molecule has 3 rings (SSSR count). The lowest BCUT2D eigenvalue weighted by molar-refractivity contribution is -0.119. The van der Waals surface area contributed by atoms with Crippen LogP contribution in [0.15, 0.2) is 42.5 Å². The van der Waals surface area contributed by atoms with Crippen molar-refractivity contribution in [2.75, 3.05) is 19.0 Å². The lowest BCUT2D eigenvalue weighted by Gasteiger charge is -2.21. The monoisotopic (exact) mass is 361 g/mol. The topological polar surface area (TPSA) is 47.6 Å². The van der Waals surface area contributed by atoms with Crippen molar-refractivity contribution in [3.8, 4) is 11.5 Å². The number of carbonyl (C=O) groups excluding carboxylic acids is 1. The first kappa shape index (κ1) is 17.6. The molecule has 2 aromatic carbocycles. The summed E-state index contributed by atoms with van der Waals surface area (Å²) in [6, 6.07) is 11.9. The Morgan fingerprint density at radius 1 is 1.16 bits per heavy atom. The van der Waals surface area contributed by atoms with E-state index in [0.717, 1.165) is 22.6 Å². The van der Waals surface area contributed by atoms with E-state index in [1.807, 2.05) is 25.1 Å². The molecule has 1 atom stereocenters. The molecule has 0 radical (unpaired) electrons. The van der Waals surface area contributed by atoms with Crippen molar-refractivity contribution in [2.45, 2.75) is 18.7 Å². The Hall–Kier alpha value is -2.21. The first-order valence-electron chi connectivity index (χ1n) is 8.13. The van der Waals surface area contributed by atoms with Gasteiger partial charge in [0.05, 0.1) is 11.8 Å². The van der Waals surface area contributed by atoms with Crippen LogP contribution in [-0.2, 0) is 10.5 Å². The number of fused-ring (bicyclic) bond motifs is 1. The zero-order valence-electron chi connectivity index (χ0n) is 14.0. The molecular weight excluding hydrogens is 341 g/mol. The standard InChI is InChI=1S/C19H20FNO3S/c1-13(15-4-7-17-18(10-15)24-9-8-23-17)21-19(22)12-25-11-14-2-5-16(20)6-3-14/h2-7,10,13H,8-9,11-12H2,1H3,(H,21,22)/t13-/m0/s1. The Labute approximate surface area is 150 Å². The molecule has 0 unspecified atom stereocenters. The van der Waals surface area contributed by atoms with E-state index < -0.39 is 0 Å². The van der Waals surface area contributed by atoms with Gasteiger partial charge in [-0.25, -0.2) is 4.39 Å². The van der Waals surface area contributed by atoms with Crippen molar-refractivity contribution >= 4 is 17.7 Å². The van der Waals surface area contributed by atoms with Gasteiger partial charge in [0.15, 0.2) is 11.5 Å². The van der Waals surface area contributed by atoms with Crippen LogP contribution in [-0.4, -0.2) is 24.9 Å². The predicted octanol–water partition coefficient (Wildman–Crippen LogP) is 3.71. The van der Waals surface area contributed by atoms with E-state index in [1.54, 1.807) is 12.1 Å². The molecule has 0 aromatic heterocycles. The van der Waals surface area contributed by atoms with Gasteiger partial charge in [-0.3, -0.25) is 4.79 Å². The number of rotatable bonds is 6. The number of ether oxygens (including phenoxy) is 2. The van der Waals surface area contributed by atoms with E-state index in [9.17, 15) is 9.18 Å². The van der Waals surface area contributed by atoms with Gasteiger partial charge in [-0.2, -0.15) is 0 Å². The van der Waals surface area contributed by atoms with Gasteiger partial charge in [0.25, 0.3) is 0 Å². The van der Waals surface area contributed by atoms with Crippen LogP contribution in [0, 0.1) is 5.82 Å². The predicted molar refractivity (Wildman–Crippen MR) is 96.6 cm³/mol. The third kappa shape index (κ3) is 4.89. The van der Waals surface area contributed by atoms with Gasteiger partial charge in [-0.1, -0.05) is 18.2 Å². The summed E-state index contributed by atoms with van der Waals surface area (Å²) in [7, 11) is 0. The van der Waals surface area contributed by atoms with Gasteiger partial charge in [-0.15, -0.1) is 11.8 Å². The summed E-state index contributed by atoms with van der Waals surface area (Å²) in [5.41, 5.74) is 1.97. The summed E-state index contributed by atoms with van der Waals surface area (Å²) in [4.78, 5) is 12.1. The van der Waals surface area contributed by atoms with Crippen LogP contribution in [0.25, 0.3) is 0 Å². The molecule has 0 bridgehead atoms. The number of hydrogen-bond donors (Lipinski definition) is 1. The second-order valence-corrected chi connectivity index (χ2v) is 6.80. The number of halogens is 1. The number of nitrogens with one attached hydrogen (secondary N) is 1. The van der Waals surface area contributed by atoms with Crippen LogP contribution in [0.2, 0.25) is 0 Å². The molecule has 1 aliphatic rings. The molecule has 1 aliphatic heterocycles. The smallest absolute Gasteiger partial charge is 0.230 e. The van der Waals surface area contributed by atoms with Gasteiger partial charge in [0, 0.05) is 5.75 Å². The van der Waals surface area contributed by atoms with Crippen LogP contribution in [0.1, 0.15) is 24.1 Å². The third-order valence-electron chi connectivity index (χ3n) is 3.86. The van der Waals surface area contributed by atoms with Crippen LogP contribution in [0.3, 0.4) is 0 Å². The zero-order chi connectivity index (χ0) is 17.6. The molecule has 2 aromatic rings. The summed E-state index contributed by atoms with van der Waals surface area (Å²) in [5.74, 6) is 2.20. The van der Waals surface area contributed by atoms with E-state index in [2.05, 4.69) is 5.32 Å². The van der Waals surface area contributed by atoms with E-state index in [0.29, 0.717) is 24.7 Å². The highest BCUT2D eigenvalue weighted by Crippen LogP contribution is 2.32. The molecule has 0 saturated carbocycles. The van der Waals surface area contributed by atoms with Gasteiger partial charge >= 0.3 is 0 Å². The van der Waals surface area contributed by atoms with Crippen LogP contribution < -0.4 is 14.8 Å². The summed E-state index contributed by atoms with van der Waals surface area (Å²) in [6.07, 6.45) is 0. The largest absolute Gasteiger partial charge is 0.486 e. The van der Waals surface area contributed by atoms with Gasteiger partial charge < -0.3 is 14.8 Å². The van der Waals surface area contributed by atoms with Crippen molar-refractivity contribution in [1.82, 2.24) is 5.32 Å². The van der Waals surface area contributed by atoms with Crippen LogP contribution in [0.5, 0.6) is 11.5 Å². The average molecular weight is 361 g/mol. The Morgan fingerprint density at radius 2 is 1.88 bits per heavy atom. The second-order valence-electron chi connectivity index (χ2n) is 5.81. The molecule has 4 nitrogen and oxygen atoms in total. The Bertz CT molecular complexity index is 736. The van der Waals surface area contributed by atoms with Crippen LogP contribution in [0.4, 0.5) is 4.39 Å². The van der Waals surface area contributed by atoms with Crippen molar-refractivity contribution < 1.29 is 18.7 Å². The van der Waals surface area contributed by atoms with Crippen molar-refractivity contribution in [3.05, 3.63) is 59.4 Å². The zero-order valence-corrected chi connectivity index (χ0v) is 14.8. The fraction of sp³-hybridized carbons (Fsp3) is 0.316. The number of carbonyl (C=O) groups is 1. The lowest BCUT2D eigenvalue weighted by atomic mass is 10.1. The van der Waals surface area contributed by atoms with E-state index >= 15 is 0 Å². The highest BCUT2D eigenvalue weighted by atomic mass is 32.2. The Morgan fingerprint density at radius 3 is 2.64 bits per heavy atom. The van der Waals surface area contributed by atoms with Gasteiger partial charge in [-0.05, 0) is 42.3 Å². The van der Waals surface area contributed by atoms with E-state index in [4.69, 9.17) is 9.47 Å². The quantitative estimate of drug-likeness (QED) is 0.852. The van der Waals surface area contributed by atoms with Crippen LogP contribution >= 0.6 is 11.8 Å². The van der Waals surface area contributed by atoms with Crippen molar-refractivity contribution in [1.29, 1.82) is 0 Å². The fourth-order valence-electron chi connectivity index (χ4n) is 2.54. The molecule has 1 amide bonds. The molecule has 6 heteroatoms. The maximum absolute atomic E-state index is 12.9. The molecule has 132 valence electrons. The fourth-order valence-corrected chi connectivity index (χ4v) is 3.34. The number of amides is 1. The minimum Gasteiger partial charge on any atom is -0.486 e. The second kappa shape index (κ2) is 8.25. The van der Waals surface area contributed by atoms with E-state index in [-0.39, 0.29) is 17.8 Å². The van der Waals surface area contributed by atoms with Crippen molar-refractivity contribution in [3.63, 3.8) is 0 Å². The Kier molecular flexibility index (Phi) is 5.81. The van der Waals surface area contributed by atoms with Gasteiger partial charge in [0.1, 0.15) is 19.0 Å². The number of benzene rings is 2. The van der Waals surface area contributed by atoms with Crippen molar-refractivity contribution in [2.24, 2.45) is 0 Å². The molecule has 0 saturated heterocycles. The summed E-state index contributed by atoms with van der Waals surface area (Å²) >= 11 is 1.50. The Balaban J connectivity index is 1.48. The molecular formula is C19H20FNO3S. The molecule has 0 fully saturated rings. The highest BCUT2D eigenvalue weighted by molar-refractivity contribution is 7.99. The minimum absolute atomic E-state index is 0.0329. The maximum atomic E-state index is 12.9. The SMILES string of the molecule is C[C@H](NC(=O)CSCc1ccc(F)cc1)c1ccc2c(c1)OCCO2. The number of hydrogen-bond acceptors (Lipinski definition) is 4. The first-order valence-corrected chi connectivity index (χ1v) is 9.28.